The summed E-state index contributed by atoms with van der Waals surface area (Å²) in [6.07, 6.45) is 0. The fraction of sp³-hybridized carbons (Fsp3) is 0.588. The number of carbonyl (C=O) groups excluding carboxylic acids is 1. The number of benzene rings is 1. The van der Waals surface area contributed by atoms with Crippen LogP contribution in [0.25, 0.3) is 0 Å². The van der Waals surface area contributed by atoms with E-state index in [0.717, 1.165) is 5.56 Å². The van der Waals surface area contributed by atoms with Gasteiger partial charge >= 0.3 is 5.97 Å². The summed E-state index contributed by atoms with van der Waals surface area (Å²) in [6, 6.07) is 5.62. The summed E-state index contributed by atoms with van der Waals surface area (Å²) in [4.78, 5) is 12.1. The van der Waals surface area contributed by atoms with E-state index in [1.165, 1.54) is 0 Å². The van der Waals surface area contributed by atoms with Crippen molar-refractivity contribution >= 4 is 5.97 Å². The average molecular weight is 310 g/mol. The van der Waals surface area contributed by atoms with Crippen molar-refractivity contribution < 1.29 is 23.7 Å². The van der Waals surface area contributed by atoms with E-state index in [4.69, 9.17) is 18.9 Å². The van der Waals surface area contributed by atoms with Crippen LogP contribution in [-0.2, 0) is 14.2 Å². The molecule has 0 saturated heterocycles. The van der Waals surface area contributed by atoms with E-state index in [2.05, 4.69) is 13.8 Å². The normalized spacial score (nSPS) is 10.8. The van der Waals surface area contributed by atoms with E-state index in [1.807, 2.05) is 18.2 Å². The molecule has 0 unspecified atom stereocenters. The average Bonchev–Trinajstić information content (AvgIpc) is 2.50. The van der Waals surface area contributed by atoms with Crippen LogP contribution in [-0.4, -0.2) is 46.1 Å². The second kappa shape index (κ2) is 10.2. The Morgan fingerprint density at radius 3 is 2.50 bits per heavy atom. The monoisotopic (exact) mass is 310 g/mol. The Hall–Kier alpha value is -1.59. The number of ether oxygens (including phenoxy) is 4. The summed E-state index contributed by atoms with van der Waals surface area (Å²) in [7, 11) is 1.63. The Labute approximate surface area is 132 Å². The lowest BCUT2D eigenvalue weighted by Gasteiger charge is -2.14. The van der Waals surface area contributed by atoms with Crippen LogP contribution in [0.1, 0.15) is 42.6 Å². The van der Waals surface area contributed by atoms with Crippen molar-refractivity contribution in [1.82, 2.24) is 0 Å². The SMILES string of the molecule is CCOC(=O)c1cc(C(C)C)ccc1OCCOCCOC. The van der Waals surface area contributed by atoms with Crippen molar-refractivity contribution in [3.05, 3.63) is 29.3 Å². The van der Waals surface area contributed by atoms with Gasteiger partial charge in [-0.15, -0.1) is 0 Å². The molecule has 0 bridgehead atoms. The maximum Gasteiger partial charge on any atom is 0.341 e. The quantitative estimate of drug-likeness (QED) is 0.491. The maximum atomic E-state index is 12.1. The predicted octanol–water partition coefficient (Wildman–Crippen LogP) is 3.03. The molecule has 0 N–H and O–H groups in total. The molecule has 0 fully saturated rings. The molecule has 0 spiro atoms. The predicted molar refractivity (Wildman–Crippen MR) is 84.7 cm³/mol. The topological polar surface area (TPSA) is 54.0 Å². The Balaban J connectivity index is 2.69. The van der Waals surface area contributed by atoms with Crippen LogP contribution in [0.2, 0.25) is 0 Å². The van der Waals surface area contributed by atoms with Crippen LogP contribution in [0.3, 0.4) is 0 Å². The number of hydrogen-bond acceptors (Lipinski definition) is 5. The highest BCUT2D eigenvalue weighted by atomic mass is 16.5. The third-order valence-electron chi connectivity index (χ3n) is 3.08. The van der Waals surface area contributed by atoms with Gasteiger partial charge in [0, 0.05) is 7.11 Å². The second-order valence-corrected chi connectivity index (χ2v) is 5.08. The lowest BCUT2D eigenvalue weighted by molar-refractivity contribution is 0.0492. The Morgan fingerprint density at radius 1 is 1.14 bits per heavy atom. The van der Waals surface area contributed by atoms with Gasteiger partial charge in [-0.1, -0.05) is 19.9 Å². The smallest absolute Gasteiger partial charge is 0.341 e. The summed E-state index contributed by atoms with van der Waals surface area (Å²) < 4.78 is 21.0. The molecular weight excluding hydrogens is 284 g/mol. The van der Waals surface area contributed by atoms with Crippen LogP contribution in [0.4, 0.5) is 0 Å². The molecule has 124 valence electrons. The number of carbonyl (C=O) groups is 1. The van der Waals surface area contributed by atoms with Crippen molar-refractivity contribution in [3.63, 3.8) is 0 Å². The molecule has 1 aromatic carbocycles. The highest BCUT2D eigenvalue weighted by Gasteiger charge is 2.15. The van der Waals surface area contributed by atoms with E-state index in [1.54, 1.807) is 14.0 Å². The second-order valence-electron chi connectivity index (χ2n) is 5.08. The zero-order valence-electron chi connectivity index (χ0n) is 13.9. The number of methoxy groups -OCH3 is 1. The van der Waals surface area contributed by atoms with E-state index in [9.17, 15) is 4.79 Å². The molecule has 1 rings (SSSR count). The lowest BCUT2D eigenvalue weighted by atomic mass is 10.0. The van der Waals surface area contributed by atoms with E-state index in [-0.39, 0.29) is 5.97 Å². The number of esters is 1. The minimum atomic E-state index is -0.361. The largest absolute Gasteiger partial charge is 0.490 e. The van der Waals surface area contributed by atoms with E-state index >= 15 is 0 Å². The Bertz CT molecular complexity index is 456. The molecule has 5 nitrogen and oxygen atoms in total. The zero-order valence-corrected chi connectivity index (χ0v) is 13.9. The first-order valence-electron chi connectivity index (χ1n) is 7.60. The van der Waals surface area contributed by atoms with Crippen molar-refractivity contribution in [2.24, 2.45) is 0 Å². The van der Waals surface area contributed by atoms with Crippen molar-refractivity contribution in [2.75, 3.05) is 40.1 Å². The molecule has 0 aliphatic rings. The molecule has 0 saturated carbocycles. The van der Waals surface area contributed by atoms with E-state index < -0.39 is 0 Å². The van der Waals surface area contributed by atoms with Crippen LogP contribution in [0.15, 0.2) is 18.2 Å². The molecule has 22 heavy (non-hydrogen) atoms. The van der Waals surface area contributed by atoms with Gasteiger partial charge < -0.3 is 18.9 Å². The van der Waals surface area contributed by atoms with Gasteiger partial charge in [0.1, 0.15) is 17.9 Å². The summed E-state index contributed by atoms with van der Waals surface area (Å²) in [5, 5.41) is 0. The van der Waals surface area contributed by atoms with Gasteiger partial charge in [-0.3, -0.25) is 0 Å². The van der Waals surface area contributed by atoms with Crippen molar-refractivity contribution in [2.45, 2.75) is 26.7 Å². The highest BCUT2D eigenvalue weighted by molar-refractivity contribution is 5.92. The van der Waals surface area contributed by atoms with Gasteiger partial charge in [0.2, 0.25) is 0 Å². The maximum absolute atomic E-state index is 12.1. The Kier molecular flexibility index (Phi) is 8.55. The van der Waals surface area contributed by atoms with Crippen LogP contribution >= 0.6 is 0 Å². The molecule has 0 radical (unpaired) electrons. The molecule has 0 aromatic heterocycles. The van der Waals surface area contributed by atoms with Crippen molar-refractivity contribution in [1.29, 1.82) is 0 Å². The molecule has 5 heteroatoms. The molecule has 0 aliphatic carbocycles. The molecule has 0 amide bonds. The third-order valence-corrected chi connectivity index (χ3v) is 3.08. The zero-order chi connectivity index (χ0) is 16.4. The summed E-state index contributed by atoms with van der Waals surface area (Å²) in [5.74, 6) is 0.498. The first-order chi connectivity index (χ1) is 10.6. The lowest BCUT2D eigenvalue weighted by Crippen LogP contribution is -2.13. The molecule has 1 aromatic rings. The molecular formula is C17H26O5. The van der Waals surface area contributed by atoms with Crippen LogP contribution < -0.4 is 4.74 Å². The number of rotatable bonds is 10. The fourth-order valence-electron chi connectivity index (χ4n) is 1.86. The molecule has 0 aliphatic heterocycles. The van der Waals surface area contributed by atoms with Gasteiger partial charge in [-0.25, -0.2) is 4.79 Å². The first-order valence-corrected chi connectivity index (χ1v) is 7.60. The van der Waals surface area contributed by atoms with Crippen LogP contribution in [0.5, 0.6) is 5.75 Å². The standard InChI is InChI=1S/C17H26O5/c1-5-21-17(18)15-12-14(13(2)3)6-7-16(15)22-11-10-20-9-8-19-4/h6-7,12-13H,5,8-11H2,1-4H3. The van der Waals surface area contributed by atoms with Gasteiger partial charge in [0.25, 0.3) is 0 Å². The fourth-order valence-corrected chi connectivity index (χ4v) is 1.86. The third kappa shape index (κ3) is 6.03. The van der Waals surface area contributed by atoms with Gasteiger partial charge in [-0.05, 0) is 30.5 Å². The highest BCUT2D eigenvalue weighted by Crippen LogP contribution is 2.25. The minimum Gasteiger partial charge on any atom is -0.490 e. The minimum absolute atomic E-state index is 0.333. The van der Waals surface area contributed by atoms with Gasteiger partial charge in [-0.2, -0.15) is 0 Å². The van der Waals surface area contributed by atoms with Gasteiger partial charge in [0.05, 0.1) is 26.4 Å². The van der Waals surface area contributed by atoms with Crippen LogP contribution in [0, 0.1) is 0 Å². The molecule has 0 heterocycles. The summed E-state index contributed by atoms with van der Waals surface area (Å²) in [5.41, 5.74) is 1.54. The van der Waals surface area contributed by atoms with E-state index in [0.29, 0.717) is 50.3 Å². The van der Waals surface area contributed by atoms with Crippen molar-refractivity contribution in [3.8, 4) is 5.75 Å². The first kappa shape index (κ1) is 18.5. The van der Waals surface area contributed by atoms with Gasteiger partial charge in [0.15, 0.2) is 0 Å². The Morgan fingerprint density at radius 2 is 1.86 bits per heavy atom. The molecule has 0 atom stereocenters. The number of hydrogen-bond donors (Lipinski definition) is 0. The summed E-state index contributed by atoms with van der Waals surface area (Å²) >= 11 is 0. The summed E-state index contributed by atoms with van der Waals surface area (Å²) in [6.45, 7) is 8.17.